The number of aromatic amines is 1. The van der Waals surface area contributed by atoms with Crippen LogP contribution in [0.3, 0.4) is 0 Å². The molecule has 0 saturated carbocycles. The van der Waals surface area contributed by atoms with E-state index in [1.54, 1.807) is 38.2 Å². The van der Waals surface area contributed by atoms with Gasteiger partial charge in [-0.2, -0.15) is 0 Å². The summed E-state index contributed by atoms with van der Waals surface area (Å²) in [5.41, 5.74) is 5.22. The molecule has 4 aromatic rings. The average molecular weight is 480 g/mol. The number of aromatic nitrogens is 2. The molecule has 7 nitrogen and oxygen atoms in total. The zero-order valence-electron chi connectivity index (χ0n) is 19.8. The number of amides is 1. The Morgan fingerprint density at radius 1 is 1.21 bits per heavy atom. The highest BCUT2D eigenvalue weighted by atomic mass is 32.2. The van der Waals surface area contributed by atoms with Crippen molar-refractivity contribution in [2.24, 2.45) is 0 Å². The van der Waals surface area contributed by atoms with E-state index in [-0.39, 0.29) is 16.6 Å². The maximum absolute atomic E-state index is 13.1. The fourth-order valence-corrected chi connectivity index (χ4v) is 5.10. The summed E-state index contributed by atoms with van der Waals surface area (Å²) in [5.74, 6) is -0.242. The molecule has 2 aromatic heterocycles. The Kier molecular flexibility index (Phi) is 6.47. The highest BCUT2D eigenvalue weighted by Crippen LogP contribution is 2.38. The lowest BCUT2D eigenvalue weighted by atomic mass is 9.93. The minimum Gasteiger partial charge on any atom is -0.393 e. The van der Waals surface area contributed by atoms with Crippen molar-refractivity contribution in [1.29, 1.82) is 0 Å². The summed E-state index contributed by atoms with van der Waals surface area (Å²) in [6, 6.07) is 10.7. The number of carbonyl (C=O) groups excluding carboxylic acids is 1. The van der Waals surface area contributed by atoms with Crippen LogP contribution < -0.4 is 5.32 Å². The zero-order chi connectivity index (χ0) is 24.6. The summed E-state index contributed by atoms with van der Waals surface area (Å²) in [5, 5.41) is 14.2. The second-order valence-corrected chi connectivity index (χ2v) is 11.0. The van der Waals surface area contributed by atoms with Gasteiger partial charge < -0.3 is 15.4 Å². The quantitative estimate of drug-likeness (QED) is 0.366. The third-order valence-electron chi connectivity index (χ3n) is 6.10. The lowest BCUT2D eigenvalue weighted by molar-refractivity contribution is 0.0945. The van der Waals surface area contributed by atoms with Crippen molar-refractivity contribution in [2.75, 3.05) is 12.3 Å². The van der Waals surface area contributed by atoms with Gasteiger partial charge in [0.05, 0.1) is 22.3 Å². The Morgan fingerprint density at radius 2 is 1.97 bits per heavy atom. The van der Waals surface area contributed by atoms with Crippen molar-refractivity contribution in [3.05, 3.63) is 59.3 Å². The third kappa shape index (κ3) is 4.43. The number of aliphatic hydroxyl groups excluding tert-OH is 1. The van der Waals surface area contributed by atoms with Crippen LogP contribution in [0.2, 0.25) is 0 Å². The molecule has 178 valence electrons. The number of benzene rings is 2. The summed E-state index contributed by atoms with van der Waals surface area (Å²) in [7, 11) is -3.40. The molecule has 0 spiro atoms. The van der Waals surface area contributed by atoms with E-state index in [0.29, 0.717) is 29.7 Å². The number of carbonyl (C=O) groups is 1. The molecule has 8 heteroatoms. The number of pyridine rings is 1. The smallest absolute Gasteiger partial charge is 0.251 e. The van der Waals surface area contributed by atoms with E-state index < -0.39 is 15.9 Å². The maximum atomic E-state index is 13.1. The molecule has 0 aliphatic rings. The van der Waals surface area contributed by atoms with E-state index in [4.69, 9.17) is 0 Å². The number of aliphatic hydroxyl groups is 1. The van der Waals surface area contributed by atoms with Gasteiger partial charge in [0, 0.05) is 29.1 Å². The molecule has 0 unspecified atom stereocenters. The second-order valence-electron chi connectivity index (χ2n) is 8.71. The Balaban J connectivity index is 1.98. The van der Waals surface area contributed by atoms with Crippen molar-refractivity contribution in [2.45, 2.75) is 45.1 Å². The first-order valence-electron chi connectivity index (χ1n) is 11.3. The molecule has 4 rings (SSSR count). The first-order valence-corrected chi connectivity index (χ1v) is 13.0. The fraction of sp³-hybridized carbons (Fsp3) is 0.308. The summed E-state index contributed by atoms with van der Waals surface area (Å²) in [6.07, 6.45) is 1.72. The molecule has 0 fully saturated rings. The monoisotopic (exact) mass is 479 g/mol. The van der Waals surface area contributed by atoms with E-state index in [9.17, 15) is 18.3 Å². The Hall–Kier alpha value is -3.23. The molecule has 0 aliphatic heterocycles. The average Bonchev–Trinajstić information content (AvgIpc) is 3.18. The fourth-order valence-electron chi connectivity index (χ4n) is 4.17. The highest BCUT2D eigenvalue weighted by molar-refractivity contribution is 7.91. The van der Waals surface area contributed by atoms with E-state index in [1.807, 2.05) is 32.0 Å². The van der Waals surface area contributed by atoms with Gasteiger partial charge in [0.2, 0.25) is 0 Å². The van der Waals surface area contributed by atoms with Crippen molar-refractivity contribution in [1.82, 2.24) is 15.3 Å². The lowest BCUT2D eigenvalue weighted by Gasteiger charge is -2.14. The standard InChI is InChI=1S/C26H29N3O4S/c1-5-34(32,33)19-8-6-7-18(12-19)21-13-20(26(31)27-10-9-16(3)30)17(4)24-23(21)22-11-15(2)14-28-25(22)29-24/h6-8,11-14,16,30H,5,9-10H2,1-4H3,(H,27,31)(H,28,29)/t16-/m0/s1. The van der Waals surface area contributed by atoms with Crippen LogP contribution in [-0.2, 0) is 9.84 Å². The summed E-state index contributed by atoms with van der Waals surface area (Å²) in [6.45, 7) is 7.50. The molecule has 0 aliphatic carbocycles. The number of sulfone groups is 1. The van der Waals surface area contributed by atoms with Gasteiger partial charge in [0.25, 0.3) is 5.91 Å². The van der Waals surface area contributed by atoms with Crippen molar-refractivity contribution in [3.63, 3.8) is 0 Å². The lowest BCUT2D eigenvalue weighted by Crippen LogP contribution is -2.27. The number of rotatable bonds is 7. The van der Waals surface area contributed by atoms with Crippen LogP contribution in [0.1, 0.15) is 41.8 Å². The third-order valence-corrected chi connectivity index (χ3v) is 7.83. The van der Waals surface area contributed by atoms with Crippen LogP contribution >= 0.6 is 0 Å². The normalized spacial score (nSPS) is 12.9. The predicted octanol–water partition coefficient (Wildman–Crippen LogP) is 4.29. The first kappa shape index (κ1) is 23.9. The molecule has 1 amide bonds. The van der Waals surface area contributed by atoms with Gasteiger partial charge in [-0.25, -0.2) is 13.4 Å². The number of aryl methyl sites for hydroxylation is 2. The largest absolute Gasteiger partial charge is 0.393 e. The highest BCUT2D eigenvalue weighted by Gasteiger charge is 2.21. The van der Waals surface area contributed by atoms with Gasteiger partial charge in [0.1, 0.15) is 5.65 Å². The van der Waals surface area contributed by atoms with Crippen LogP contribution in [0.25, 0.3) is 33.1 Å². The number of hydrogen-bond donors (Lipinski definition) is 3. The Bertz CT molecular complexity index is 1500. The summed E-state index contributed by atoms with van der Waals surface area (Å²) in [4.78, 5) is 21.2. The van der Waals surface area contributed by atoms with E-state index in [0.717, 1.165) is 33.0 Å². The van der Waals surface area contributed by atoms with Crippen LogP contribution in [-0.4, -0.2) is 47.8 Å². The number of nitrogens with zero attached hydrogens (tertiary/aromatic N) is 1. The molecule has 0 bridgehead atoms. The predicted molar refractivity (Wildman–Crippen MR) is 135 cm³/mol. The maximum Gasteiger partial charge on any atom is 0.251 e. The van der Waals surface area contributed by atoms with E-state index in [1.165, 1.54) is 0 Å². The topological polar surface area (TPSA) is 112 Å². The minimum absolute atomic E-state index is 0.00684. The van der Waals surface area contributed by atoms with Crippen molar-refractivity contribution in [3.8, 4) is 11.1 Å². The summed E-state index contributed by atoms with van der Waals surface area (Å²) < 4.78 is 25.1. The van der Waals surface area contributed by atoms with Gasteiger partial charge in [-0.15, -0.1) is 0 Å². The molecule has 1 atom stereocenters. The van der Waals surface area contributed by atoms with Gasteiger partial charge in [-0.1, -0.05) is 19.1 Å². The Morgan fingerprint density at radius 3 is 2.68 bits per heavy atom. The SMILES string of the molecule is CCS(=O)(=O)c1cccc(-c2cc(C(=O)NCC[C@H](C)O)c(C)c3[nH]c4ncc(C)cc4c23)c1. The van der Waals surface area contributed by atoms with Crippen LogP contribution in [0.5, 0.6) is 0 Å². The molecule has 3 N–H and O–H groups in total. The molecule has 34 heavy (non-hydrogen) atoms. The minimum atomic E-state index is -3.40. The van der Waals surface area contributed by atoms with Crippen LogP contribution in [0.4, 0.5) is 0 Å². The van der Waals surface area contributed by atoms with Gasteiger partial charge in [-0.3, -0.25) is 4.79 Å². The second kappa shape index (κ2) is 9.19. The van der Waals surface area contributed by atoms with Crippen molar-refractivity contribution < 1.29 is 18.3 Å². The first-order chi connectivity index (χ1) is 16.1. The van der Waals surface area contributed by atoms with Crippen LogP contribution in [0.15, 0.2) is 47.5 Å². The van der Waals surface area contributed by atoms with Crippen LogP contribution in [0, 0.1) is 13.8 Å². The zero-order valence-corrected chi connectivity index (χ0v) is 20.6. The number of H-pyrrole nitrogens is 1. The molecular weight excluding hydrogens is 450 g/mol. The van der Waals surface area contributed by atoms with E-state index >= 15 is 0 Å². The number of hydrogen-bond acceptors (Lipinski definition) is 5. The Labute approximate surface area is 199 Å². The number of fused-ring (bicyclic) bond motifs is 3. The molecule has 2 heterocycles. The van der Waals surface area contributed by atoms with Crippen molar-refractivity contribution >= 4 is 37.7 Å². The van der Waals surface area contributed by atoms with E-state index in [2.05, 4.69) is 15.3 Å². The summed E-state index contributed by atoms with van der Waals surface area (Å²) >= 11 is 0. The molecule has 0 radical (unpaired) electrons. The molecular formula is C26H29N3O4S. The van der Waals surface area contributed by atoms with Gasteiger partial charge >= 0.3 is 0 Å². The number of nitrogens with one attached hydrogen (secondary N) is 2. The van der Waals surface area contributed by atoms with Gasteiger partial charge in [-0.05, 0) is 73.7 Å². The van der Waals surface area contributed by atoms with Gasteiger partial charge in [0.15, 0.2) is 9.84 Å². The molecule has 0 saturated heterocycles. The molecule has 2 aromatic carbocycles.